The monoisotopic (exact) mass is 654 g/mol. The number of rotatable bonds is 3. The molecule has 1 heterocycles. The summed E-state index contributed by atoms with van der Waals surface area (Å²) in [5.74, 6) is 0. The van der Waals surface area contributed by atoms with Crippen molar-refractivity contribution in [2.75, 3.05) is 0 Å². The number of hydrogen-bond donors (Lipinski definition) is 0. The number of benzene rings is 10. The zero-order valence-corrected chi connectivity index (χ0v) is 27.1. The Hall–Kier alpha value is -6.70. The molecule has 236 valence electrons. The molecule has 0 aliphatic carbocycles. The zero-order valence-electron chi connectivity index (χ0n) is 35.1. The average Bonchev–Trinajstić information content (AvgIpc) is 3.65. The Morgan fingerprint density at radius 3 is 1.76 bits per heavy atom. The standard InChI is InChI=1S/C50H30O/c1-2-13-31(14-3-1)43-30-45-44-29-34(27-28-46(44)51-50(45)41-23-11-6-18-36(41)43)48-37-19-7-9-21-39(37)49(40-22-10-8-20-38(40)48)42-24-12-16-33-26-25-32-15-4-5-17-35(32)47(33)42/h1-30H/i7D,8D,9D,10D,19D,20D,21D,22D. The Kier molecular flexibility index (Phi) is 4.57. The van der Waals surface area contributed by atoms with Crippen molar-refractivity contribution in [3.05, 3.63) is 182 Å². The Balaban J connectivity index is 1.35. The van der Waals surface area contributed by atoms with Crippen LogP contribution in [0.2, 0.25) is 0 Å². The highest BCUT2D eigenvalue weighted by molar-refractivity contribution is 6.27. The Morgan fingerprint density at radius 2 is 1.00 bits per heavy atom. The first-order valence-corrected chi connectivity index (χ1v) is 16.9. The summed E-state index contributed by atoms with van der Waals surface area (Å²) in [7, 11) is 0. The molecule has 1 aromatic heterocycles. The Morgan fingerprint density at radius 1 is 0.373 bits per heavy atom. The maximum absolute atomic E-state index is 9.54. The lowest BCUT2D eigenvalue weighted by atomic mass is 9.84. The molecule has 1 heteroatoms. The van der Waals surface area contributed by atoms with E-state index in [4.69, 9.17) is 9.90 Å². The van der Waals surface area contributed by atoms with E-state index in [1.165, 1.54) is 0 Å². The molecule has 0 saturated carbocycles. The minimum Gasteiger partial charge on any atom is -0.455 e. The first-order chi connectivity index (χ1) is 28.6. The SMILES string of the molecule is [2H]c1c([2H])c([2H])c2c(-c3cccc4ccc5ccccc5c34)c3c([2H])c([2H])c([2H])c([2H])c3c(-c3ccc4oc5c6ccccc6c(-c6ccccc6)cc5c4c3)c2c1[2H]. The minimum atomic E-state index is -0.438. The third-order valence-corrected chi connectivity index (χ3v) is 10.3. The van der Waals surface area contributed by atoms with E-state index >= 15 is 0 Å². The number of fused-ring (bicyclic) bond motifs is 10. The topological polar surface area (TPSA) is 13.1 Å². The maximum atomic E-state index is 9.54. The summed E-state index contributed by atoms with van der Waals surface area (Å²) in [6.07, 6.45) is 0. The van der Waals surface area contributed by atoms with Gasteiger partial charge in [0.25, 0.3) is 0 Å². The molecule has 0 saturated heterocycles. The molecule has 51 heavy (non-hydrogen) atoms. The fraction of sp³-hybridized carbons (Fsp3) is 0. The summed E-state index contributed by atoms with van der Waals surface area (Å²) in [5.41, 5.74) is 5.11. The van der Waals surface area contributed by atoms with Gasteiger partial charge in [0.1, 0.15) is 11.2 Å². The van der Waals surface area contributed by atoms with Crippen LogP contribution in [-0.4, -0.2) is 0 Å². The van der Waals surface area contributed by atoms with E-state index in [1.54, 1.807) is 0 Å². The third kappa shape index (κ3) is 4.16. The van der Waals surface area contributed by atoms with Crippen LogP contribution in [0.1, 0.15) is 11.0 Å². The van der Waals surface area contributed by atoms with E-state index < -0.39 is 24.2 Å². The molecule has 1 nitrogen and oxygen atoms in total. The highest BCUT2D eigenvalue weighted by Gasteiger charge is 2.20. The molecule has 0 radical (unpaired) electrons. The van der Waals surface area contributed by atoms with Gasteiger partial charge in [0.2, 0.25) is 0 Å². The van der Waals surface area contributed by atoms with Crippen LogP contribution in [0.3, 0.4) is 0 Å². The number of furan rings is 1. The van der Waals surface area contributed by atoms with Crippen molar-refractivity contribution in [1.82, 2.24) is 0 Å². The summed E-state index contributed by atoms with van der Waals surface area (Å²) in [6, 6.07) is 40.6. The van der Waals surface area contributed by atoms with Crippen LogP contribution in [0.4, 0.5) is 0 Å². The second-order valence-electron chi connectivity index (χ2n) is 13.0. The summed E-state index contributed by atoms with van der Waals surface area (Å²) in [6.45, 7) is 0. The molecule has 10 aromatic carbocycles. The van der Waals surface area contributed by atoms with Gasteiger partial charge >= 0.3 is 0 Å². The average molecular weight is 655 g/mol. The van der Waals surface area contributed by atoms with Crippen molar-refractivity contribution in [3.63, 3.8) is 0 Å². The highest BCUT2D eigenvalue weighted by atomic mass is 16.3. The molecule has 0 fully saturated rings. The smallest absolute Gasteiger partial charge is 0.143 e. The van der Waals surface area contributed by atoms with Crippen molar-refractivity contribution < 1.29 is 15.4 Å². The van der Waals surface area contributed by atoms with Gasteiger partial charge in [0, 0.05) is 16.2 Å². The molecular weight excluding hydrogens is 617 g/mol. The normalized spacial score (nSPS) is 14.1. The van der Waals surface area contributed by atoms with E-state index in [1.807, 2.05) is 109 Å². The van der Waals surface area contributed by atoms with Crippen LogP contribution in [0.5, 0.6) is 0 Å². The van der Waals surface area contributed by atoms with E-state index in [9.17, 15) is 5.48 Å². The summed E-state index contributed by atoms with van der Waals surface area (Å²) >= 11 is 0. The van der Waals surface area contributed by atoms with Gasteiger partial charge < -0.3 is 4.42 Å². The summed E-state index contributed by atoms with van der Waals surface area (Å²) < 4.78 is 80.6. The Bertz CT molecular complexity index is 3570. The van der Waals surface area contributed by atoms with Crippen LogP contribution in [0, 0.1) is 0 Å². The second kappa shape index (κ2) is 10.9. The van der Waals surface area contributed by atoms with Crippen LogP contribution in [0.25, 0.3) is 109 Å². The predicted molar refractivity (Wildman–Crippen MR) is 218 cm³/mol. The van der Waals surface area contributed by atoms with Gasteiger partial charge in [0.05, 0.1) is 11.0 Å². The van der Waals surface area contributed by atoms with Gasteiger partial charge in [-0.15, -0.1) is 0 Å². The van der Waals surface area contributed by atoms with Crippen LogP contribution in [-0.2, 0) is 0 Å². The predicted octanol–water partition coefficient (Wildman–Crippen LogP) is 14.4. The fourth-order valence-electron chi connectivity index (χ4n) is 8.06. The third-order valence-electron chi connectivity index (χ3n) is 10.3. The van der Waals surface area contributed by atoms with Gasteiger partial charge in [-0.1, -0.05) is 164 Å². The summed E-state index contributed by atoms with van der Waals surface area (Å²) in [5, 5.41) is 7.84. The zero-order chi connectivity index (χ0) is 40.4. The molecule has 0 amide bonds. The van der Waals surface area contributed by atoms with Gasteiger partial charge in [-0.2, -0.15) is 0 Å². The molecule has 0 aliphatic heterocycles. The molecule has 0 spiro atoms. The molecular formula is C50H30O. The Labute approximate surface area is 305 Å². The molecule has 0 aliphatic rings. The largest absolute Gasteiger partial charge is 0.455 e. The number of hydrogen-bond acceptors (Lipinski definition) is 1. The first kappa shape index (κ1) is 21.4. The molecule has 0 N–H and O–H groups in total. The van der Waals surface area contributed by atoms with Crippen molar-refractivity contribution >= 4 is 75.8 Å². The van der Waals surface area contributed by atoms with Gasteiger partial charge in [-0.05, 0) is 100 Å². The minimum absolute atomic E-state index is 0.170. The molecule has 0 bridgehead atoms. The first-order valence-electron chi connectivity index (χ1n) is 20.9. The molecule has 11 rings (SSSR count). The van der Waals surface area contributed by atoms with Crippen LogP contribution < -0.4 is 0 Å². The fourth-order valence-corrected chi connectivity index (χ4v) is 8.06. The molecule has 0 unspecified atom stereocenters. The summed E-state index contributed by atoms with van der Waals surface area (Å²) in [4.78, 5) is 0. The highest BCUT2D eigenvalue weighted by Crippen LogP contribution is 2.47. The molecule has 11 aromatic rings. The maximum Gasteiger partial charge on any atom is 0.143 e. The van der Waals surface area contributed by atoms with Crippen molar-refractivity contribution in [2.45, 2.75) is 0 Å². The van der Waals surface area contributed by atoms with E-state index in [-0.39, 0.29) is 45.7 Å². The van der Waals surface area contributed by atoms with Gasteiger partial charge in [0.15, 0.2) is 0 Å². The van der Waals surface area contributed by atoms with Gasteiger partial charge in [-0.25, -0.2) is 0 Å². The lowest BCUT2D eigenvalue weighted by molar-refractivity contribution is 0.673. The van der Waals surface area contributed by atoms with E-state index in [2.05, 4.69) is 24.3 Å². The van der Waals surface area contributed by atoms with Gasteiger partial charge in [-0.3, -0.25) is 0 Å². The van der Waals surface area contributed by atoms with Crippen LogP contribution in [0.15, 0.2) is 186 Å². The quantitative estimate of drug-likeness (QED) is 0.136. The molecule has 0 atom stereocenters. The van der Waals surface area contributed by atoms with E-state index in [0.717, 1.165) is 54.2 Å². The van der Waals surface area contributed by atoms with Crippen molar-refractivity contribution in [2.24, 2.45) is 0 Å². The second-order valence-corrected chi connectivity index (χ2v) is 13.0. The lowest BCUT2D eigenvalue weighted by Crippen LogP contribution is -1.92. The van der Waals surface area contributed by atoms with E-state index in [0.29, 0.717) is 33.4 Å². The lowest BCUT2D eigenvalue weighted by Gasteiger charge is -2.19. The van der Waals surface area contributed by atoms with Crippen molar-refractivity contribution in [1.29, 1.82) is 0 Å². The van der Waals surface area contributed by atoms with Crippen LogP contribution >= 0.6 is 0 Å². The van der Waals surface area contributed by atoms with Crippen molar-refractivity contribution in [3.8, 4) is 33.4 Å².